The molecule has 1 fully saturated rings. The molecule has 1 aromatic heterocycles. The van der Waals surface area contributed by atoms with Crippen molar-refractivity contribution < 1.29 is 9.53 Å². The maximum atomic E-state index is 12.8. The van der Waals surface area contributed by atoms with E-state index in [4.69, 9.17) is 9.72 Å². The SMILES string of the molecule is CN(C)C(=O)c1cc([C@@H]2CN(CCCc3ccccc3)CCO2)nc2ccccc12. The van der Waals surface area contributed by atoms with E-state index in [2.05, 4.69) is 35.2 Å². The van der Waals surface area contributed by atoms with Crippen LogP contribution in [0.15, 0.2) is 60.7 Å². The van der Waals surface area contributed by atoms with Crippen LogP contribution in [0, 0.1) is 0 Å². The summed E-state index contributed by atoms with van der Waals surface area (Å²) in [7, 11) is 3.56. The first kappa shape index (κ1) is 20.5. The Balaban J connectivity index is 1.49. The number of morpholine rings is 1. The predicted molar refractivity (Wildman–Crippen MR) is 120 cm³/mol. The summed E-state index contributed by atoms with van der Waals surface area (Å²) < 4.78 is 6.07. The summed E-state index contributed by atoms with van der Waals surface area (Å²) in [5.41, 5.74) is 3.74. The van der Waals surface area contributed by atoms with Gasteiger partial charge in [0, 0.05) is 32.6 Å². The van der Waals surface area contributed by atoms with Gasteiger partial charge in [0.2, 0.25) is 0 Å². The first-order valence-electron chi connectivity index (χ1n) is 10.6. The lowest BCUT2D eigenvalue weighted by Gasteiger charge is -2.33. The largest absolute Gasteiger partial charge is 0.369 e. The van der Waals surface area contributed by atoms with Gasteiger partial charge in [-0.15, -0.1) is 0 Å². The molecule has 1 amide bonds. The van der Waals surface area contributed by atoms with Gasteiger partial charge in [-0.25, -0.2) is 4.98 Å². The molecule has 3 aromatic rings. The number of fused-ring (bicyclic) bond motifs is 1. The summed E-state index contributed by atoms with van der Waals surface area (Å²) in [6.45, 7) is 3.45. The quantitative estimate of drug-likeness (QED) is 0.625. The second-order valence-electron chi connectivity index (χ2n) is 8.06. The molecule has 1 saturated heterocycles. The molecule has 0 N–H and O–H groups in total. The first-order valence-corrected chi connectivity index (χ1v) is 10.6. The molecule has 0 saturated carbocycles. The Kier molecular flexibility index (Phi) is 6.41. The molecule has 0 spiro atoms. The Morgan fingerprint density at radius 1 is 1.13 bits per heavy atom. The number of para-hydroxylation sites is 1. The van der Waals surface area contributed by atoms with Crippen molar-refractivity contribution in [1.29, 1.82) is 0 Å². The van der Waals surface area contributed by atoms with E-state index in [0.29, 0.717) is 12.2 Å². The van der Waals surface area contributed by atoms with Gasteiger partial charge in [0.15, 0.2) is 0 Å². The van der Waals surface area contributed by atoms with Gasteiger partial charge in [-0.2, -0.15) is 0 Å². The fraction of sp³-hybridized carbons (Fsp3) is 0.360. The summed E-state index contributed by atoms with van der Waals surface area (Å²) in [6, 6.07) is 20.4. The van der Waals surface area contributed by atoms with Crippen LogP contribution in [0.5, 0.6) is 0 Å². The second-order valence-corrected chi connectivity index (χ2v) is 8.06. The van der Waals surface area contributed by atoms with Crippen LogP contribution >= 0.6 is 0 Å². The smallest absolute Gasteiger partial charge is 0.254 e. The highest BCUT2D eigenvalue weighted by Gasteiger charge is 2.25. The van der Waals surface area contributed by atoms with Gasteiger partial charge >= 0.3 is 0 Å². The van der Waals surface area contributed by atoms with Crippen molar-refractivity contribution in [3.63, 3.8) is 0 Å². The van der Waals surface area contributed by atoms with Gasteiger partial charge in [0.25, 0.3) is 5.91 Å². The van der Waals surface area contributed by atoms with E-state index in [9.17, 15) is 4.79 Å². The number of hydrogen-bond donors (Lipinski definition) is 0. The van der Waals surface area contributed by atoms with Crippen LogP contribution in [0.25, 0.3) is 10.9 Å². The third-order valence-corrected chi connectivity index (χ3v) is 5.64. The highest BCUT2D eigenvalue weighted by Crippen LogP contribution is 2.26. The molecule has 0 radical (unpaired) electrons. The minimum Gasteiger partial charge on any atom is -0.369 e. The summed E-state index contributed by atoms with van der Waals surface area (Å²) in [5.74, 6) is -0.00891. The van der Waals surface area contributed by atoms with Crippen LogP contribution in [0.1, 0.15) is 34.1 Å². The third kappa shape index (κ3) is 4.69. The molecule has 4 rings (SSSR count). The zero-order valence-electron chi connectivity index (χ0n) is 17.8. The molecule has 2 aromatic carbocycles. The molecule has 0 unspecified atom stereocenters. The van der Waals surface area contributed by atoms with E-state index >= 15 is 0 Å². The highest BCUT2D eigenvalue weighted by molar-refractivity contribution is 6.06. The Morgan fingerprint density at radius 2 is 1.90 bits per heavy atom. The zero-order valence-corrected chi connectivity index (χ0v) is 17.8. The van der Waals surface area contributed by atoms with Gasteiger partial charge in [0.05, 0.1) is 23.4 Å². The number of aryl methyl sites for hydroxylation is 1. The lowest BCUT2D eigenvalue weighted by Crippen LogP contribution is -2.39. The Bertz CT molecular complexity index is 1000. The summed E-state index contributed by atoms with van der Waals surface area (Å²) in [4.78, 5) is 21.7. The number of aromatic nitrogens is 1. The van der Waals surface area contributed by atoms with Crippen LogP contribution in [-0.2, 0) is 11.2 Å². The molecular weight excluding hydrogens is 374 g/mol. The van der Waals surface area contributed by atoms with Crippen molar-refractivity contribution >= 4 is 16.8 Å². The van der Waals surface area contributed by atoms with E-state index in [1.807, 2.05) is 30.3 Å². The lowest BCUT2D eigenvalue weighted by atomic mass is 10.0. The average molecular weight is 404 g/mol. The van der Waals surface area contributed by atoms with E-state index in [1.165, 1.54) is 5.56 Å². The molecule has 0 bridgehead atoms. The molecule has 156 valence electrons. The van der Waals surface area contributed by atoms with Crippen molar-refractivity contribution in [2.75, 3.05) is 40.3 Å². The van der Waals surface area contributed by atoms with E-state index in [-0.39, 0.29) is 12.0 Å². The molecule has 0 aliphatic carbocycles. The van der Waals surface area contributed by atoms with E-state index < -0.39 is 0 Å². The van der Waals surface area contributed by atoms with Crippen molar-refractivity contribution in [2.24, 2.45) is 0 Å². The number of ether oxygens (including phenoxy) is 1. The molecule has 1 aliphatic heterocycles. The number of rotatable bonds is 6. The van der Waals surface area contributed by atoms with Crippen LogP contribution in [0.4, 0.5) is 0 Å². The van der Waals surface area contributed by atoms with Gasteiger partial charge in [0.1, 0.15) is 6.10 Å². The van der Waals surface area contributed by atoms with Gasteiger partial charge in [-0.1, -0.05) is 48.5 Å². The van der Waals surface area contributed by atoms with Crippen molar-refractivity contribution in [3.8, 4) is 0 Å². The Hall–Kier alpha value is -2.76. The van der Waals surface area contributed by atoms with Crippen LogP contribution in [-0.4, -0.2) is 61.0 Å². The molecule has 1 aliphatic rings. The van der Waals surface area contributed by atoms with Crippen LogP contribution in [0.3, 0.4) is 0 Å². The molecule has 5 heteroatoms. The lowest BCUT2D eigenvalue weighted by molar-refractivity contribution is -0.0321. The minimum absolute atomic E-state index is 0.00891. The number of nitrogens with zero attached hydrogens (tertiary/aromatic N) is 3. The normalized spacial score (nSPS) is 17.2. The predicted octanol–water partition coefficient (Wildman–Crippen LogP) is 3.94. The number of carbonyl (C=O) groups excluding carboxylic acids is 1. The maximum Gasteiger partial charge on any atom is 0.254 e. The summed E-state index contributed by atoms with van der Waals surface area (Å²) in [6.07, 6.45) is 2.08. The second kappa shape index (κ2) is 9.37. The molecule has 2 heterocycles. The van der Waals surface area contributed by atoms with E-state index in [0.717, 1.165) is 49.1 Å². The van der Waals surface area contributed by atoms with Crippen molar-refractivity contribution in [1.82, 2.24) is 14.8 Å². The first-order chi connectivity index (χ1) is 14.6. The fourth-order valence-electron chi connectivity index (χ4n) is 4.01. The molecule has 5 nitrogen and oxygen atoms in total. The van der Waals surface area contributed by atoms with Crippen LogP contribution in [0.2, 0.25) is 0 Å². The number of amides is 1. The third-order valence-electron chi connectivity index (χ3n) is 5.64. The minimum atomic E-state index is -0.117. The standard InChI is InChI=1S/C25H29N3O2/c1-27(2)25(29)21-17-23(26-22-13-7-6-12-20(21)22)24-18-28(15-16-30-24)14-8-11-19-9-4-3-5-10-19/h3-7,9-10,12-13,17,24H,8,11,14-16,18H2,1-2H3/t24-/m0/s1. The van der Waals surface area contributed by atoms with Gasteiger partial charge in [-0.05, 0) is 37.1 Å². The highest BCUT2D eigenvalue weighted by atomic mass is 16.5. The fourth-order valence-corrected chi connectivity index (χ4v) is 4.01. The van der Waals surface area contributed by atoms with Gasteiger partial charge in [-0.3, -0.25) is 9.69 Å². The molecule has 1 atom stereocenters. The number of hydrogen-bond acceptors (Lipinski definition) is 4. The maximum absolute atomic E-state index is 12.8. The Morgan fingerprint density at radius 3 is 2.70 bits per heavy atom. The average Bonchev–Trinajstić information content (AvgIpc) is 2.78. The number of pyridine rings is 1. The Labute approximate surface area is 178 Å². The van der Waals surface area contributed by atoms with Gasteiger partial charge < -0.3 is 9.64 Å². The monoisotopic (exact) mass is 403 g/mol. The van der Waals surface area contributed by atoms with Crippen molar-refractivity contribution in [3.05, 3.63) is 77.5 Å². The number of benzene rings is 2. The topological polar surface area (TPSA) is 45.7 Å². The van der Waals surface area contributed by atoms with Crippen molar-refractivity contribution in [2.45, 2.75) is 18.9 Å². The van der Waals surface area contributed by atoms with Crippen LogP contribution < -0.4 is 0 Å². The zero-order chi connectivity index (χ0) is 20.9. The summed E-state index contributed by atoms with van der Waals surface area (Å²) >= 11 is 0. The molecule has 30 heavy (non-hydrogen) atoms. The molecular formula is C25H29N3O2. The summed E-state index contributed by atoms with van der Waals surface area (Å²) in [5, 5.41) is 0.885. The van der Waals surface area contributed by atoms with E-state index in [1.54, 1.807) is 19.0 Å². The number of carbonyl (C=O) groups is 1.